The first kappa shape index (κ1) is 24.8. The van der Waals surface area contributed by atoms with Gasteiger partial charge in [0.05, 0.1) is 6.04 Å². The van der Waals surface area contributed by atoms with Crippen molar-refractivity contribution in [3.05, 3.63) is 35.9 Å². The van der Waals surface area contributed by atoms with Gasteiger partial charge in [0, 0.05) is 26.2 Å². The molecule has 1 aromatic carbocycles. The van der Waals surface area contributed by atoms with Gasteiger partial charge in [0.15, 0.2) is 5.78 Å². The number of ketones is 1. The number of carbonyl (C=O) groups is 3. The number of nitrogens with zero attached hydrogens (tertiary/aromatic N) is 2. The Morgan fingerprint density at radius 3 is 2.23 bits per heavy atom. The lowest BCUT2D eigenvalue weighted by Crippen LogP contribution is -2.57. The van der Waals surface area contributed by atoms with Crippen molar-refractivity contribution in [3.63, 3.8) is 0 Å². The van der Waals surface area contributed by atoms with Crippen LogP contribution in [0.1, 0.15) is 32.3 Å². The van der Waals surface area contributed by atoms with E-state index in [1.165, 1.54) is 0 Å². The first-order chi connectivity index (χ1) is 14.8. The Bertz CT molecular complexity index is 718. The maximum Gasteiger partial charge on any atom is 0.318 e. The Hall–Kier alpha value is -2.45. The Morgan fingerprint density at radius 1 is 1.00 bits per heavy atom. The molecule has 1 heterocycles. The standard InChI is InChI=1S/C23H36N4O4/c1-17(2)15-20(25-23(31)27-13-11-26(3)12-14-27)22(30)24-19(21(29)16-28)10-9-18-7-5-4-6-8-18/h4-8,17,19-20,28H,9-16H2,1-3H3,(H,24,30)(H,25,31)/t19-,20+/m1/s1. The molecule has 0 bridgehead atoms. The first-order valence-corrected chi connectivity index (χ1v) is 11.0. The highest BCUT2D eigenvalue weighted by molar-refractivity contribution is 5.93. The molecule has 0 saturated carbocycles. The number of likely N-dealkylation sites (N-methyl/N-ethyl adjacent to an activating group) is 1. The molecule has 0 radical (unpaired) electrons. The molecule has 31 heavy (non-hydrogen) atoms. The van der Waals surface area contributed by atoms with Gasteiger partial charge in [-0.2, -0.15) is 0 Å². The molecule has 1 saturated heterocycles. The number of hydrogen-bond donors (Lipinski definition) is 3. The van der Waals surface area contributed by atoms with Crippen molar-refractivity contribution in [1.82, 2.24) is 20.4 Å². The summed E-state index contributed by atoms with van der Waals surface area (Å²) in [5.74, 6) is -0.645. The highest BCUT2D eigenvalue weighted by Gasteiger charge is 2.29. The molecular weight excluding hydrogens is 396 g/mol. The number of urea groups is 1. The van der Waals surface area contributed by atoms with Crippen LogP contribution in [-0.4, -0.2) is 84.5 Å². The molecule has 1 aliphatic heterocycles. The van der Waals surface area contributed by atoms with Gasteiger partial charge in [0.2, 0.25) is 5.91 Å². The monoisotopic (exact) mass is 432 g/mol. The van der Waals surface area contributed by atoms with E-state index in [-0.39, 0.29) is 11.9 Å². The van der Waals surface area contributed by atoms with Crippen molar-refractivity contribution >= 4 is 17.7 Å². The average molecular weight is 433 g/mol. The number of aliphatic hydroxyl groups is 1. The molecular formula is C23H36N4O4. The number of benzene rings is 1. The maximum atomic E-state index is 13.0. The lowest BCUT2D eigenvalue weighted by atomic mass is 10.00. The molecule has 0 unspecified atom stereocenters. The average Bonchev–Trinajstić information content (AvgIpc) is 2.76. The molecule has 1 fully saturated rings. The Balaban J connectivity index is 2.01. The zero-order chi connectivity index (χ0) is 22.8. The first-order valence-electron chi connectivity index (χ1n) is 11.0. The second-order valence-electron chi connectivity index (χ2n) is 8.63. The van der Waals surface area contributed by atoms with E-state index in [4.69, 9.17) is 0 Å². The minimum atomic E-state index is -0.798. The second kappa shape index (κ2) is 12.4. The van der Waals surface area contributed by atoms with Crippen molar-refractivity contribution < 1.29 is 19.5 Å². The largest absolute Gasteiger partial charge is 0.389 e. The number of piperazine rings is 1. The van der Waals surface area contributed by atoms with Gasteiger partial charge in [-0.15, -0.1) is 0 Å². The van der Waals surface area contributed by atoms with Gasteiger partial charge >= 0.3 is 6.03 Å². The summed E-state index contributed by atoms with van der Waals surface area (Å²) in [5, 5.41) is 15.0. The van der Waals surface area contributed by atoms with Crippen LogP contribution in [0, 0.1) is 5.92 Å². The molecule has 0 aliphatic carbocycles. The number of nitrogens with one attached hydrogen (secondary N) is 2. The number of aliphatic hydroxyl groups excluding tert-OH is 1. The predicted octanol–water partition coefficient (Wildman–Crippen LogP) is 1.04. The van der Waals surface area contributed by atoms with Gasteiger partial charge < -0.3 is 25.5 Å². The summed E-state index contributed by atoms with van der Waals surface area (Å²) in [4.78, 5) is 41.8. The maximum absolute atomic E-state index is 13.0. The van der Waals surface area contributed by atoms with Crippen molar-refractivity contribution in [2.45, 2.75) is 45.2 Å². The Morgan fingerprint density at radius 2 is 1.65 bits per heavy atom. The summed E-state index contributed by atoms with van der Waals surface area (Å²) in [6, 6.07) is 7.88. The summed E-state index contributed by atoms with van der Waals surface area (Å²) in [5.41, 5.74) is 1.05. The van der Waals surface area contributed by atoms with Crippen LogP contribution < -0.4 is 10.6 Å². The third-order valence-corrected chi connectivity index (χ3v) is 5.54. The number of rotatable bonds is 10. The van der Waals surface area contributed by atoms with Crippen LogP contribution in [0.5, 0.6) is 0 Å². The zero-order valence-electron chi connectivity index (χ0n) is 18.8. The molecule has 1 aliphatic rings. The second-order valence-corrected chi connectivity index (χ2v) is 8.63. The van der Waals surface area contributed by atoms with Crippen LogP contribution in [0.2, 0.25) is 0 Å². The number of amides is 3. The number of aryl methyl sites for hydroxylation is 1. The molecule has 0 spiro atoms. The van der Waals surface area contributed by atoms with Crippen LogP contribution in [0.3, 0.4) is 0 Å². The molecule has 8 nitrogen and oxygen atoms in total. The minimum absolute atomic E-state index is 0.180. The minimum Gasteiger partial charge on any atom is -0.389 e. The van der Waals surface area contributed by atoms with E-state index in [2.05, 4.69) is 15.5 Å². The highest BCUT2D eigenvalue weighted by Crippen LogP contribution is 2.10. The van der Waals surface area contributed by atoms with Crippen molar-refractivity contribution in [2.75, 3.05) is 39.8 Å². The van der Waals surface area contributed by atoms with E-state index >= 15 is 0 Å². The van der Waals surface area contributed by atoms with E-state index < -0.39 is 30.4 Å². The van der Waals surface area contributed by atoms with Gasteiger partial charge in [-0.3, -0.25) is 9.59 Å². The van der Waals surface area contributed by atoms with Gasteiger partial charge in [-0.05, 0) is 37.8 Å². The van der Waals surface area contributed by atoms with Gasteiger partial charge in [0.25, 0.3) is 0 Å². The SMILES string of the molecule is CC(C)C[C@H](NC(=O)N1CCN(C)CC1)C(=O)N[C@H](CCc1ccccc1)C(=O)CO. The molecule has 2 rings (SSSR count). The predicted molar refractivity (Wildman–Crippen MR) is 120 cm³/mol. The van der Waals surface area contributed by atoms with E-state index in [0.717, 1.165) is 18.7 Å². The van der Waals surface area contributed by atoms with Crippen molar-refractivity contribution in [2.24, 2.45) is 5.92 Å². The smallest absolute Gasteiger partial charge is 0.318 e. The Kier molecular flexibility index (Phi) is 9.94. The molecule has 3 N–H and O–H groups in total. The van der Waals surface area contributed by atoms with E-state index in [1.54, 1.807) is 4.90 Å². The number of hydrogen-bond acceptors (Lipinski definition) is 5. The third kappa shape index (κ3) is 8.30. The van der Waals surface area contributed by atoms with Crippen LogP contribution in [0.15, 0.2) is 30.3 Å². The third-order valence-electron chi connectivity index (χ3n) is 5.54. The van der Waals surface area contributed by atoms with E-state index in [1.807, 2.05) is 51.2 Å². The fourth-order valence-electron chi connectivity index (χ4n) is 3.60. The van der Waals surface area contributed by atoms with Crippen molar-refractivity contribution in [1.29, 1.82) is 0 Å². The topological polar surface area (TPSA) is 102 Å². The van der Waals surface area contributed by atoms with E-state index in [9.17, 15) is 19.5 Å². The highest BCUT2D eigenvalue weighted by atomic mass is 16.3. The summed E-state index contributed by atoms with van der Waals surface area (Å²) in [6.07, 6.45) is 1.44. The van der Waals surface area contributed by atoms with Gasteiger partial charge in [-0.1, -0.05) is 44.2 Å². The number of Topliss-reactive ketones (excluding diaryl/α,β-unsaturated/α-hetero) is 1. The summed E-state index contributed by atoms with van der Waals surface area (Å²) in [6.45, 7) is 6.13. The Labute approximate surface area is 185 Å². The van der Waals surface area contributed by atoms with Crippen molar-refractivity contribution in [3.8, 4) is 0 Å². The van der Waals surface area contributed by atoms with Gasteiger partial charge in [0.1, 0.15) is 12.6 Å². The lowest BCUT2D eigenvalue weighted by Gasteiger charge is -2.33. The molecule has 8 heteroatoms. The molecule has 2 atom stereocenters. The molecule has 3 amide bonds. The van der Waals surface area contributed by atoms with Crippen LogP contribution >= 0.6 is 0 Å². The normalized spacial score (nSPS) is 16.6. The fraction of sp³-hybridized carbons (Fsp3) is 0.609. The number of carbonyl (C=O) groups excluding carboxylic acids is 3. The van der Waals surface area contributed by atoms with E-state index in [0.29, 0.717) is 32.4 Å². The lowest BCUT2D eigenvalue weighted by molar-refractivity contribution is -0.130. The van der Waals surface area contributed by atoms with Crippen LogP contribution in [0.25, 0.3) is 0 Å². The summed E-state index contributed by atoms with van der Waals surface area (Å²) in [7, 11) is 2.01. The zero-order valence-corrected chi connectivity index (χ0v) is 18.8. The van der Waals surface area contributed by atoms with Crippen LogP contribution in [-0.2, 0) is 16.0 Å². The summed E-state index contributed by atoms with van der Waals surface area (Å²) < 4.78 is 0. The van der Waals surface area contributed by atoms with Gasteiger partial charge in [-0.25, -0.2) is 4.79 Å². The quantitative estimate of drug-likeness (QED) is 0.513. The van der Waals surface area contributed by atoms with Crippen LogP contribution in [0.4, 0.5) is 4.79 Å². The molecule has 1 aromatic rings. The molecule has 172 valence electrons. The fourth-order valence-corrected chi connectivity index (χ4v) is 3.60. The molecule has 0 aromatic heterocycles. The summed E-state index contributed by atoms with van der Waals surface area (Å²) >= 11 is 0.